The Morgan fingerprint density at radius 1 is 1.33 bits per heavy atom. The van der Waals surface area contributed by atoms with Crippen LogP contribution in [0.15, 0.2) is 18.2 Å². The van der Waals surface area contributed by atoms with Crippen LogP contribution in [-0.4, -0.2) is 24.2 Å². The predicted molar refractivity (Wildman–Crippen MR) is 70.3 cm³/mol. The molecule has 1 aromatic heterocycles. The van der Waals surface area contributed by atoms with E-state index in [1.54, 1.807) is 6.07 Å². The summed E-state index contributed by atoms with van der Waals surface area (Å²) in [6.45, 7) is 1.43. The van der Waals surface area contributed by atoms with Crippen LogP contribution in [0, 0.1) is 11.3 Å². The molecule has 18 heavy (non-hydrogen) atoms. The highest BCUT2D eigenvalue weighted by molar-refractivity contribution is 5.38. The van der Waals surface area contributed by atoms with Gasteiger partial charge in [-0.15, -0.1) is 0 Å². The Morgan fingerprint density at radius 2 is 2.17 bits per heavy atom. The van der Waals surface area contributed by atoms with Crippen LogP contribution in [0.1, 0.15) is 37.8 Å². The van der Waals surface area contributed by atoms with Gasteiger partial charge in [-0.3, -0.25) is 0 Å². The Kier molecular flexibility index (Phi) is 4.98. The monoisotopic (exact) mass is 245 g/mol. The molecule has 1 heterocycles. The Bertz CT molecular complexity index is 408. The SMILES string of the molecule is N#Cc1cccc(NCCOC2CCCCC2)n1. The fraction of sp³-hybridized carbons (Fsp3) is 0.571. The van der Waals surface area contributed by atoms with Gasteiger partial charge in [0, 0.05) is 6.54 Å². The Hall–Kier alpha value is -1.60. The van der Waals surface area contributed by atoms with Crippen LogP contribution < -0.4 is 5.32 Å². The smallest absolute Gasteiger partial charge is 0.142 e. The molecule has 0 radical (unpaired) electrons. The average molecular weight is 245 g/mol. The van der Waals surface area contributed by atoms with Gasteiger partial charge in [-0.05, 0) is 25.0 Å². The van der Waals surface area contributed by atoms with Crippen molar-refractivity contribution in [3.8, 4) is 6.07 Å². The van der Waals surface area contributed by atoms with E-state index in [0.717, 1.165) is 12.4 Å². The molecule has 1 aliphatic carbocycles. The van der Waals surface area contributed by atoms with Gasteiger partial charge in [0.05, 0.1) is 12.7 Å². The minimum atomic E-state index is 0.438. The minimum Gasteiger partial charge on any atom is -0.376 e. The van der Waals surface area contributed by atoms with E-state index in [-0.39, 0.29) is 0 Å². The first-order chi connectivity index (χ1) is 8.88. The normalized spacial score (nSPS) is 16.2. The first-order valence-corrected chi connectivity index (χ1v) is 6.61. The van der Waals surface area contributed by atoms with E-state index in [1.165, 1.54) is 32.1 Å². The van der Waals surface area contributed by atoms with Crippen molar-refractivity contribution in [1.82, 2.24) is 4.98 Å². The summed E-state index contributed by atoms with van der Waals surface area (Å²) in [6, 6.07) is 7.42. The van der Waals surface area contributed by atoms with E-state index < -0.39 is 0 Å². The van der Waals surface area contributed by atoms with Crippen molar-refractivity contribution in [2.24, 2.45) is 0 Å². The molecule has 0 bridgehead atoms. The molecule has 96 valence electrons. The van der Waals surface area contributed by atoms with Gasteiger partial charge >= 0.3 is 0 Å². The summed E-state index contributed by atoms with van der Waals surface area (Å²) in [6.07, 6.45) is 6.78. The molecule has 1 N–H and O–H groups in total. The fourth-order valence-electron chi connectivity index (χ4n) is 2.23. The van der Waals surface area contributed by atoms with Crippen molar-refractivity contribution in [3.05, 3.63) is 23.9 Å². The van der Waals surface area contributed by atoms with Crippen molar-refractivity contribution in [2.45, 2.75) is 38.2 Å². The molecule has 0 atom stereocenters. The highest BCUT2D eigenvalue weighted by Crippen LogP contribution is 2.19. The molecule has 4 heteroatoms. The topological polar surface area (TPSA) is 57.9 Å². The maximum Gasteiger partial charge on any atom is 0.142 e. The summed E-state index contributed by atoms with van der Waals surface area (Å²) >= 11 is 0. The maximum atomic E-state index is 8.74. The lowest BCUT2D eigenvalue weighted by Crippen LogP contribution is -2.20. The zero-order valence-electron chi connectivity index (χ0n) is 10.6. The minimum absolute atomic E-state index is 0.438. The molecule has 0 aromatic carbocycles. The molecule has 1 aromatic rings. The standard InChI is InChI=1S/C14H19N3O/c15-11-12-5-4-8-14(17-12)16-9-10-18-13-6-2-1-3-7-13/h4-5,8,13H,1-3,6-7,9-10H2,(H,16,17). The van der Waals surface area contributed by atoms with Crippen LogP contribution in [0.3, 0.4) is 0 Å². The van der Waals surface area contributed by atoms with Gasteiger partial charge in [0.2, 0.25) is 0 Å². The number of hydrogen-bond acceptors (Lipinski definition) is 4. The number of nitriles is 1. The molecule has 0 amide bonds. The van der Waals surface area contributed by atoms with Crippen LogP contribution in [0.4, 0.5) is 5.82 Å². The number of ether oxygens (including phenoxy) is 1. The predicted octanol–water partition coefficient (Wildman–Crippen LogP) is 2.71. The molecule has 1 saturated carbocycles. The summed E-state index contributed by atoms with van der Waals surface area (Å²) in [7, 11) is 0. The molecule has 0 aliphatic heterocycles. The number of nitrogens with one attached hydrogen (secondary N) is 1. The van der Waals surface area contributed by atoms with E-state index in [4.69, 9.17) is 10.00 Å². The largest absolute Gasteiger partial charge is 0.376 e. The third kappa shape index (κ3) is 4.01. The Labute approximate surface area is 108 Å². The average Bonchev–Trinajstić information content (AvgIpc) is 2.45. The van der Waals surface area contributed by atoms with E-state index in [2.05, 4.69) is 10.3 Å². The molecule has 2 rings (SSSR count). The number of pyridine rings is 1. The number of anilines is 1. The van der Waals surface area contributed by atoms with Crippen molar-refractivity contribution in [3.63, 3.8) is 0 Å². The Morgan fingerprint density at radius 3 is 2.94 bits per heavy atom. The van der Waals surface area contributed by atoms with Crippen molar-refractivity contribution < 1.29 is 4.74 Å². The van der Waals surface area contributed by atoms with Crippen LogP contribution in [0.5, 0.6) is 0 Å². The van der Waals surface area contributed by atoms with E-state index in [0.29, 0.717) is 18.4 Å². The van der Waals surface area contributed by atoms with Gasteiger partial charge < -0.3 is 10.1 Å². The first-order valence-electron chi connectivity index (χ1n) is 6.61. The van der Waals surface area contributed by atoms with Crippen molar-refractivity contribution >= 4 is 5.82 Å². The second kappa shape index (κ2) is 6.97. The van der Waals surface area contributed by atoms with Gasteiger partial charge in [-0.2, -0.15) is 5.26 Å². The van der Waals surface area contributed by atoms with Gasteiger partial charge in [0.25, 0.3) is 0 Å². The highest BCUT2D eigenvalue weighted by Gasteiger charge is 2.12. The quantitative estimate of drug-likeness (QED) is 0.810. The molecule has 1 aliphatic rings. The van der Waals surface area contributed by atoms with Crippen LogP contribution in [-0.2, 0) is 4.74 Å². The summed E-state index contributed by atoms with van der Waals surface area (Å²) in [5.74, 6) is 0.737. The molecular weight excluding hydrogens is 226 g/mol. The van der Waals surface area contributed by atoms with Crippen LogP contribution in [0.2, 0.25) is 0 Å². The van der Waals surface area contributed by atoms with Crippen molar-refractivity contribution in [2.75, 3.05) is 18.5 Å². The Balaban J connectivity index is 1.67. The zero-order valence-corrected chi connectivity index (χ0v) is 10.6. The van der Waals surface area contributed by atoms with E-state index >= 15 is 0 Å². The van der Waals surface area contributed by atoms with Gasteiger partial charge in [-0.25, -0.2) is 4.98 Å². The number of aromatic nitrogens is 1. The molecule has 0 saturated heterocycles. The van der Waals surface area contributed by atoms with Crippen LogP contribution in [0.25, 0.3) is 0 Å². The van der Waals surface area contributed by atoms with Gasteiger partial charge in [-0.1, -0.05) is 25.3 Å². The zero-order chi connectivity index (χ0) is 12.6. The first kappa shape index (κ1) is 12.8. The maximum absolute atomic E-state index is 8.74. The second-order valence-corrected chi connectivity index (χ2v) is 4.58. The third-order valence-electron chi connectivity index (χ3n) is 3.18. The molecule has 1 fully saturated rings. The number of nitrogens with zero attached hydrogens (tertiary/aromatic N) is 2. The van der Waals surface area contributed by atoms with E-state index in [1.807, 2.05) is 18.2 Å². The van der Waals surface area contributed by atoms with E-state index in [9.17, 15) is 0 Å². The summed E-state index contributed by atoms with van der Waals surface area (Å²) < 4.78 is 5.81. The van der Waals surface area contributed by atoms with Crippen LogP contribution >= 0.6 is 0 Å². The fourth-order valence-corrected chi connectivity index (χ4v) is 2.23. The number of rotatable bonds is 5. The molecule has 4 nitrogen and oxygen atoms in total. The van der Waals surface area contributed by atoms with Gasteiger partial charge in [0.1, 0.15) is 17.6 Å². The third-order valence-corrected chi connectivity index (χ3v) is 3.18. The summed E-state index contributed by atoms with van der Waals surface area (Å²) in [5.41, 5.74) is 0.438. The summed E-state index contributed by atoms with van der Waals surface area (Å²) in [4.78, 5) is 4.15. The number of hydrogen-bond donors (Lipinski definition) is 1. The summed E-state index contributed by atoms with van der Waals surface area (Å²) in [5, 5.41) is 11.9. The lowest BCUT2D eigenvalue weighted by molar-refractivity contribution is 0.0347. The molecule has 0 unspecified atom stereocenters. The second-order valence-electron chi connectivity index (χ2n) is 4.58. The lowest BCUT2D eigenvalue weighted by Gasteiger charge is -2.22. The van der Waals surface area contributed by atoms with Crippen molar-refractivity contribution in [1.29, 1.82) is 5.26 Å². The van der Waals surface area contributed by atoms with Gasteiger partial charge in [0.15, 0.2) is 0 Å². The highest BCUT2D eigenvalue weighted by atomic mass is 16.5. The molecule has 0 spiro atoms. The molecular formula is C14H19N3O. The lowest BCUT2D eigenvalue weighted by atomic mass is 9.98.